The molecule has 0 radical (unpaired) electrons. The lowest BCUT2D eigenvalue weighted by atomic mass is 10.1. The maximum Gasteiger partial charge on any atom is 0.154 e. The van der Waals surface area contributed by atoms with E-state index in [0.29, 0.717) is 0 Å². The summed E-state index contributed by atoms with van der Waals surface area (Å²) in [6.07, 6.45) is 32.1. The fourth-order valence-electron chi connectivity index (χ4n) is 2.24. The molecule has 25 heavy (non-hydrogen) atoms. The summed E-state index contributed by atoms with van der Waals surface area (Å²) in [4.78, 5) is 0. The fourth-order valence-corrected chi connectivity index (χ4v) is 2.24. The molecule has 0 aliphatic heterocycles. The van der Waals surface area contributed by atoms with Crippen molar-refractivity contribution in [1.29, 1.82) is 0 Å². The second-order valence-corrected chi connectivity index (χ2v) is 6.04. The van der Waals surface area contributed by atoms with E-state index in [1.165, 1.54) is 6.42 Å². The summed E-state index contributed by atoms with van der Waals surface area (Å²) in [6.45, 7) is 2.16. The highest BCUT2D eigenvalue weighted by Gasteiger charge is 1.99. The molecule has 0 spiro atoms. The van der Waals surface area contributed by atoms with Crippen molar-refractivity contribution < 1.29 is 9.84 Å². The molecule has 0 amide bonds. The van der Waals surface area contributed by atoms with Crippen LogP contribution in [0.15, 0.2) is 60.8 Å². The van der Waals surface area contributed by atoms with Crippen LogP contribution in [0.1, 0.15) is 71.1 Å². The van der Waals surface area contributed by atoms with E-state index in [1.807, 2.05) is 0 Å². The van der Waals surface area contributed by atoms with Crippen LogP contribution in [0, 0.1) is 0 Å². The van der Waals surface area contributed by atoms with Crippen LogP contribution in [0.3, 0.4) is 0 Å². The summed E-state index contributed by atoms with van der Waals surface area (Å²) in [5.41, 5.74) is 0. The second kappa shape index (κ2) is 20.7. The monoisotopic (exact) mass is 346 g/mol. The molecule has 0 aromatic carbocycles. The average molecular weight is 347 g/mol. The zero-order chi connectivity index (χ0) is 18.4. The van der Waals surface area contributed by atoms with E-state index in [1.54, 1.807) is 7.11 Å². The molecule has 0 bridgehead atoms. The Bertz CT molecular complexity index is 402. The van der Waals surface area contributed by atoms with Gasteiger partial charge in [0.15, 0.2) is 6.29 Å². The number of aliphatic hydroxyl groups is 1. The number of unbranched alkanes of at least 4 members (excludes halogenated alkanes) is 3. The molecular weight excluding hydrogens is 308 g/mol. The first-order valence-corrected chi connectivity index (χ1v) is 9.77. The van der Waals surface area contributed by atoms with Gasteiger partial charge in [0.25, 0.3) is 0 Å². The topological polar surface area (TPSA) is 29.5 Å². The molecule has 0 fully saturated rings. The van der Waals surface area contributed by atoms with E-state index in [9.17, 15) is 5.11 Å². The van der Waals surface area contributed by atoms with Gasteiger partial charge in [-0.05, 0) is 57.8 Å². The molecule has 1 N–H and O–H groups in total. The summed E-state index contributed by atoms with van der Waals surface area (Å²) in [5, 5.41) is 9.25. The standard InChI is InChI=1S/C23H38O2/c1-3-4-5-6-7-8-9-10-11-12-13-14-15-16-17-18-19-20-21-22-23(24)25-2/h4-5,7-8,10-11,13-14,16-17,23-24H,3,6,9,12,15,18-22H2,1-2H3. The predicted octanol–water partition coefficient (Wildman–Crippen LogP) is 6.65. The van der Waals surface area contributed by atoms with Gasteiger partial charge in [-0.15, -0.1) is 0 Å². The molecule has 142 valence electrons. The molecule has 0 heterocycles. The molecule has 0 aliphatic carbocycles. The first-order chi connectivity index (χ1) is 12.3. The average Bonchev–Trinajstić information content (AvgIpc) is 2.63. The van der Waals surface area contributed by atoms with Gasteiger partial charge in [-0.25, -0.2) is 0 Å². The smallest absolute Gasteiger partial charge is 0.154 e. The van der Waals surface area contributed by atoms with Crippen molar-refractivity contribution in [2.75, 3.05) is 7.11 Å². The first kappa shape index (κ1) is 23.6. The van der Waals surface area contributed by atoms with Gasteiger partial charge in [0.2, 0.25) is 0 Å². The lowest BCUT2D eigenvalue weighted by molar-refractivity contribution is -0.0792. The number of ether oxygens (including phenoxy) is 1. The lowest BCUT2D eigenvalue weighted by Gasteiger charge is -2.06. The zero-order valence-electron chi connectivity index (χ0n) is 16.3. The van der Waals surface area contributed by atoms with Crippen LogP contribution in [0.2, 0.25) is 0 Å². The zero-order valence-corrected chi connectivity index (χ0v) is 16.3. The Labute approximate surface area is 155 Å². The number of hydrogen-bond acceptors (Lipinski definition) is 2. The number of hydrogen-bond donors (Lipinski definition) is 1. The van der Waals surface area contributed by atoms with Crippen molar-refractivity contribution in [3.8, 4) is 0 Å². The number of rotatable bonds is 16. The van der Waals surface area contributed by atoms with Gasteiger partial charge in [0.05, 0.1) is 0 Å². The third-order valence-corrected chi connectivity index (χ3v) is 3.75. The highest BCUT2D eigenvalue weighted by atomic mass is 16.6. The number of allylic oxidation sites excluding steroid dienone is 10. The largest absolute Gasteiger partial charge is 0.368 e. The van der Waals surface area contributed by atoms with Crippen molar-refractivity contribution in [1.82, 2.24) is 0 Å². The van der Waals surface area contributed by atoms with Gasteiger partial charge in [-0.1, -0.05) is 74.1 Å². The van der Waals surface area contributed by atoms with Crippen molar-refractivity contribution >= 4 is 0 Å². The SMILES string of the molecule is CCC=CCC=CCC=CCC=CCC=CCCCCCC(O)OC. The quantitative estimate of drug-likeness (QED) is 0.192. The van der Waals surface area contributed by atoms with Crippen LogP contribution in [0.25, 0.3) is 0 Å². The molecule has 0 aliphatic rings. The van der Waals surface area contributed by atoms with Crippen LogP contribution in [-0.4, -0.2) is 18.5 Å². The maximum absolute atomic E-state index is 9.25. The van der Waals surface area contributed by atoms with Crippen LogP contribution < -0.4 is 0 Å². The Morgan fingerprint density at radius 1 is 0.680 bits per heavy atom. The minimum atomic E-state index is -0.589. The number of methoxy groups -OCH3 is 1. The summed E-state index contributed by atoms with van der Waals surface area (Å²) < 4.78 is 4.81. The van der Waals surface area contributed by atoms with Gasteiger partial charge in [-0.2, -0.15) is 0 Å². The van der Waals surface area contributed by atoms with Gasteiger partial charge < -0.3 is 9.84 Å². The molecule has 0 rings (SSSR count). The second-order valence-electron chi connectivity index (χ2n) is 6.04. The Kier molecular flexibility index (Phi) is 19.5. The molecular formula is C23H38O2. The molecule has 0 saturated carbocycles. The molecule has 0 saturated heterocycles. The summed E-state index contributed by atoms with van der Waals surface area (Å²) in [5.74, 6) is 0. The van der Waals surface area contributed by atoms with Gasteiger partial charge in [0.1, 0.15) is 0 Å². The van der Waals surface area contributed by atoms with Crippen molar-refractivity contribution in [3.05, 3.63) is 60.8 Å². The summed E-state index contributed by atoms with van der Waals surface area (Å²) >= 11 is 0. The minimum absolute atomic E-state index is 0.589. The van der Waals surface area contributed by atoms with Crippen molar-refractivity contribution in [2.45, 2.75) is 77.4 Å². The van der Waals surface area contributed by atoms with Gasteiger partial charge in [0, 0.05) is 7.11 Å². The Balaban J connectivity index is 3.42. The van der Waals surface area contributed by atoms with Crippen molar-refractivity contribution in [2.24, 2.45) is 0 Å². The van der Waals surface area contributed by atoms with Crippen LogP contribution >= 0.6 is 0 Å². The molecule has 2 nitrogen and oxygen atoms in total. The summed E-state index contributed by atoms with van der Waals surface area (Å²) in [7, 11) is 1.54. The Morgan fingerprint density at radius 3 is 1.64 bits per heavy atom. The Morgan fingerprint density at radius 2 is 1.16 bits per heavy atom. The van der Waals surface area contributed by atoms with Crippen molar-refractivity contribution in [3.63, 3.8) is 0 Å². The van der Waals surface area contributed by atoms with E-state index in [2.05, 4.69) is 67.7 Å². The molecule has 1 atom stereocenters. The van der Waals surface area contributed by atoms with E-state index in [0.717, 1.165) is 57.8 Å². The van der Waals surface area contributed by atoms with Gasteiger partial charge >= 0.3 is 0 Å². The first-order valence-electron chi connectivity index (χ1n) is 9.77. The predicted molar refractivity (Wildman–Crippen MR) is 111 cm³/mol. The molecule has 1 unspecified atom stereocenters. The van der Waals surface area contributed by atoms with Crippen LogP contribution in [-0.2, 0) is 4.74 Å². The third-order valence-electron chi connectivity index (χ3n) is 3.75. The normalized spacial score (nSPS) is 14.2. The van der Waals surface area contributed by atoms with E-state index in [4.69, 9.17) is 4.74 Å². The van der Waals surface area contributed by atoms with Crippen LogP contribution in [0.4, 0.5) is 0 Å². The highest BCUT2D eigenvalue weighted by molar-refractivity contribution is 5.00. The Hall–Kier alpha value is -1.38. The van der Waals surface area contributed by atoms with Crippen LogP contribution in [0.5, 0.6) is 0 Å². The highest BCUT2D eigenvalue weighted by Crippen LogP contribution is 2.07. The van der Waals surface area contributed by atoms with E-state index < -0.39 is 6.29 Å². The number of aliphatic hydroxyl groups excluding tert-OH is 1. The summed E-state index contributed by atoms with van der Waals surface area (Å²) in [6, 6.07) is 0. The van der Waals surface area contributed by atoms with E-state index >= 15 is 0 Å². The lowest BCUT2D eigenvalue weighted by Crippen LogP contribution is -2.07. The van der Waals surface area contributed by atoms with Gasteiger partial charge in [-0.3, -0.25) is 0 Å². The minimum Gasteiger partial charge on any atom is -0.368 e. The molecule has 2 heteroatoms. The molecule has 0 aromatic heterocycles. The third kappa shape index (κ3) is 20.6. The fraction of sp³-hybridized carbons (Fsp3) is 0.565. The van der Waals surface area contributed by atoms with E-state index in [-0.39, 0.29) is 0 Å². The maximum atomic E-state index is 9.25. The molecule has 0 aromatic rings.